The van der Waals surface area contributed by atoms with Gasteiger partial charge in [-0.15, -0.1) is 11.8 Å². The van der Waals surface area contributed by atoms with Gasteiger partial charge in [0, 0.05) is 11.4 Å². The van der Waals surface area contributed by atoms with E-state index in [9.17, 15) is 0 Å². The molecule has 1 N–H and O–H groups in total. The first-order valence-electron chi connectivity index (χ1n) is 5.23. The fourth-order valence-corrected chi connectivity index (χ4v) is 2.36. The summed E-state index contributed by atoms with van der Waals surface area (Å²) in [6.07, 6.45) is 2.59. The largest absolute Gasteiger partial charge is 0.316 e. The fraction of sp³-hybridized carbons (Fsp3) is 0.500. The Hall–Kier alpha value is -0.470. The third-order valence-corrected chi connectivity index (χ3v) is 3.13. The van der Waals surface area contributed by atoms with Gasteiger partial charge in [0.2, 0.25) is 0 Å². The third kappa shape index (κ3) is 4.16. The summed E-state index contributed by atoms with van der Waals surface area (Å²) in [6.45, 7) is 3.19. The molecule has 0 aliphatic heterocycles. The quantitative estimate of drug-likeness (QED) is 0.570. The Morgan fingerprint density at radius 3 is 2.93 bits per heavy atom. The molecule has 0 heterocycles. The maximum atomic E-state index is 3.17. The van der Waals surface area contributed by atoms with Gasteiger partial charge in [0.25, 0.3) is 0 Å². The molecular formula is C12H19NS. The van der Waals surface area contributed by atoms with Crippen molar-refractivity contribution in [3.63, 3.8) is 0 Å². The molecule has 0 aliphatic carbocycles. The lowest BCUT2D eigenvalue weighted by molar-refractivity contribution is 0.815. The fourth-order valence-electron chi connectivity index (χ4n) is 1.28. The van der Waals surface area contributed by atoms with E-state index in [1.807, 2.05) is 18.8 Å². The Bertz CT molecular complexity index is 260. The lowest BCUT2D eigenvalue weighted by Crippen LogP contribution is -2.04. The average molecular weight is 209 g/mol. The summed E-state index contributed by atoms with van der Waals surface area (Å²) in [5, 5.41) is 3.17. The van der Waals surface area contributed by atoms with E-state index in [0.29, 0.717) is 0 Å². The molecule has 78 valence electrons. The molecule has 0 bridgehead atoms. The summed E-state index contributed by atoms with van der Waals surface area (Å²) in [6, 6.07) is 8.78. The Morgan fingerprint density at radius 2 is 2.21 bits per heavy atom. The van der Waals surface area contributed by atoms with Crippen molar-refractivity contribution in [1.29, 1.82) is 0 Å². The lowest BCUT2D eigenvalue weighted by atomic mass is 10.2. The van der Waals surface area contributed by atoms with Crippen molar-refractivity contribution in [3.8, 4) is 0 Å². The minimum atomic E-state index is 0.960. The topological polar surface area (TPSA) is 12.0 Å². The van der Waals surface area contributed by atoms with E-state index in [0.717, 1.165) is 6.54 Å². The SMILES string of the molecule is CCCCSc1cccc(CNC)c1. The highest BCUT2D eigenvalue weighted by molar-refractivity contribution is 7.99. The molecule has 2 heteroatoms. The van der Waals surface area contributed by atoms with E-state index in [4.69, 9.17) is 0 Å². The Morgan fingerprint density at radius 1 is 1.36 bits per heavy atom. The van der Waals surface area contributed by atoms with E-state index in [2.05, 4.69) is 36.5 Å². The van der Waals surface area contributed by atoms with Crippen LogP contribution in [0.5, 0.6) is 0 Å². The van der Waals surface area contributed by atoms with Gasteiger partial charge in [-0.1, -0.05) is 25.5 Å². The summed E-state index contributed by atoms with van der Waals surface area (Å²) in [5.41, 5.74) is 1.37. The van der Waals surface area contributed by atoms with Gasteiger partial charge in [0.15, 0.2) is 0 Å². The number of hydrogen-bond acceptors (Lipinski definition) is 2. The van der Waals surface area contributed by atoms with E-state index in [-0.39, 0.29) is 0 Å². The van der Waals surface area contributed by atoms with Crippen LogP contribution in [0.3, 0.4) is 0 Å². The molecule has 0 fully saturated rings. The zero-order chi connectivity index (χ0) is 10.2. The molecule has 1 nitrogen and oxygen atoms in total. The molecule has 0 radical (unpaired) electrons. The van der Waals surface area contributed by atoms with Crippen LogP contribution in [0.1, 0.15) is 25.3 Å². The maximum Gasteiger partial charge on any atom is 0.0202 e. The van der Waals surface area contributed by atoms with Crippen molar-refractivity contribution in [2.24, 2.45) is 0 Å². The van der Waals surface area contributed by atoms with Crippen LogP contribution in [-0.2, 0) is 6.54 Å². The van der Waals surface area contributed by atoms with Crippen LogP contribution in [0.2, 0.25) is 0 Å². The van der Waals surface area contributed by atoms with Gasteiger partial charge in [0.1, 0.15) is 0 Å². The second kappa shape index (κ2) is 6.91. The van der Waals surface area contributed by atoms with Crippen molar-refractivity contribution in [1.82, 2.24) is 5.32 Å². The summed E-state index contributed by atoms with van der Waals surface area (Å²) in [4.78, 5) is 1.39. The van der Waals surface area contributed by atoms with Gasteiger partial charge < -0.3 is 5.32 Å². The van der Waals surface area contributed by atoms with Gasteiger partial charge in [-0.2, -0.15) is 0 Å². The molecule has 0 saturated carbocycles. The Labute approximate surface area is 91.3 Å². The van der Waals surface area contributed by atoms with Gasteiger partial charge in [0.05, 0.1) is 0 Å². The summed E-state index contributed by atoms with van der Waals surface area (Å²) in [5.74, 6) is 1.24. The summed E-state index contributed by atoms with van der Waals surface area (Å²) >= 11 is 1.96. The Kier molecular flexibility index (Phi) is 5.72. The van der Waals surface area contributed by atoms with Gasteiger partial charge >= 0.3 is 0 Å². The number of benzene rings is 1. The highest BCUT2D eigenvalue weighted by Gasteiger charge is 1.95. The molecule has 0 spiro atoms. The molecule has 1 aromatic rings. The molecule has 0 unspecified atom stereocenters. The molecule has 1 aromatic carbocycles. The van der Waals surface area contributed by atoms with Crippen molar-refractivity contribution in [2.45, 2.75) is 31.2 Å². The molecule has 0 amide bonds. The lowest BCUT2D eigenvalue weighted by Gasteiger charge is -2.04. The van der Waals surface area contributed by atoms with Gasteiger partial charge in [-0.3, -0.25) is 0 Å². The molecule has 0 saturated heterocycles. The average Bonchev–Trinajstić information content (AvgIpc) is 2.19. The highest BCUT2D eigenvalue weighted by atomic mass is 32.2. The van der Waals surface area contributed by atoms with Crippen LogP contribution in [-0.4, -0.2) is 12.8 Å². The first-order valence-corrected chi connectivity index (χ1v) is 6.21. The van der Waals surface area contributed by atoms with E-state index in [1.54, 1.807) is 0 Å². The molecule has 1 rings (SSSR count). The van der Waals surface area contributed by atoms with Crippen LogP contribution < -0.4 is 5.32 Å². The second-order valence-corrected chi connectivity index (χ2v) is 4.55. The molecular weight excluding hydrogens is 190 g/mol. The number of unbranched alkanes of at least 4 members (excludes halogenated alkanes) is 1. The van der Waals surface area contributed by atoms with Crippen LogP contribution in [0.25, 0.3) is 0 Å². The van der Waals surface area contributed by atoms with E-state index < -0.39 is 0 Å². The van der Waals surface area contributed by atoms with E-state index >= 15 is 0 Å². The first kappa shape index (κ1) is 11.6. The third-order valence-electron chi connectivity index (χ3n) is 2.05. The number of rotatable bonds is 6. The van der Waals surface area contributed by atoms with Gasteiger partial charge in [-0.05, 0) is 36.9 Å². The van der Waals surface area contributed by atoms with Crippen molar-refractivity contribution in [3.05, 3.63) is 29.8 Å². The standard InChI is InChI=1S/C12H19NS/c1-3-4-8-14-12-7-5-6-11(9-12)10-13-2/h5-7,9,13H,3-4,8,10H2,1-2H3. The smallest absolute Gasteiger partial charge is 0.0202 e. The van der Waals surface area contributed by atoms with Crippen LogP contribution >= 0.6 is 11.8 Å². The highest BCUT2D eigenvalue weighted by Crippen LogP contribution is 2.20. The number of nitrogens with one attached hydrogen (secondary N) is 1. The zero-order valence-electron chi connectivity index (χ0n) is 9.05. The Balaban J connectivity index is 2.46. The zero-order valence-corrected chi connectivity index (χ0v) is 9.86. The van der Waals surface area contributed by atoms with Gasteiger partial charge in [-0.25, -0.2) is 0 Å². The maximum absolute atomic E-state index is 3.17. The summed E-state index contributed by atoms with van der Waals surface area (Å²) < 4.78 is 0. The normalized spacial score (nSPS) is 10.4. The minimum Gasteiger partial charge on any atom is -0.316 e. The monoisotopic (exact) mass is 209 g/mol. The first-order chi connectivity index (χ1) is 6.86. The van der Waals surface area contributed by atoms with Crippen molar-refractivity contribution in [2.75, 3.05) is 12.8 Å². The van der Waals surface area contributed by atoms with Crippen molar-refractivity contribution >= 4 is 11.8 Å². The van der Waals surface area contributed by atoms with Crippen LogP contribution in [0.15, 0.2) is 29.2 Å². The van der Waals surface area contributed by atoms with E-state index in [1.165, 1.54) is 29.1 Å². The minimum absolute atomic E-state index is 0.960. The predicted molar refractivity (Wildman–Crippen MR) is 64.8 cm³/mol. The van der Waals surface area contributed by atoms with Crippen LogP contribution in [0.4, 0.5) is 0 Å². The van der Waals surface area contributed by atoms with Crippen molar-refractivity contribution < 1.29 is 0 Å². The number of thioether (sulfide) groups is 1. The summed E-state index contributed by atoms with van der Waals surface area (Å²) in [7, 11) is 1.98. The van der Waals surface area contributed by atoms with Crippen LogP contribution in [0, 0.1) is 0 Å². The molecule has 0 aromatic heterocycles. The predicted octanol–water partition coefficient (Wildman–Crippen LogP) is 3.30. The second-order valence-electron chi connectivity index (χ2n) is 3.38. The molecule has 0 atom stereocenters. The number of hydrogen-bond donors (Lipinski definition) is 1. The molecule has 0 aliphatic rings. The molecule has 14 heavy (non-hydrogen) atoms.